The second-order valence-electron chi connectivity index (χ2n) is 4.81. The fraction of sp³-hybridized carbons (Fsp3) is 0.727. The Morgan fingerprint density at radius 1 is 1.29 bits per heavy atom. The van der Waals surface area contributed by atoms with E-state index in [0.29, 0.717) is 19.1 Å². The maximum Gasteiger partial charge on any atom is 0.195 e. The second kappa shape index (κ2) is 3.71. The number of hydrogen-bond acceptors (Lipinski definition) is 2. The molecular weight excluding hydrogens is 183 g/mol. The molecule has 80 valence electrons. The number of carbonyl (C=O) groups excluding carboxylic acids is 1. The van der Waals surface area contributed by atoms with Crippen LogP contribution in [-0.2, 0) is 4.79 Å². The van der Waals surface area contributed by atoms with Gasteiger partial charge in [0.25, 0.3) is 0 Å². The van der Waals surface area contributed by atoms with Crippen LogP contribution in [0, 0.1) is 5.41 Å². The smallest absolute Gasteiger partial charge is 0.195 e. The number of halogens is 1. The minimum Gasteiger partial charge on any atom is -0.515 e. The van der Waals surface area contributed by atoms with Gasteiger partial charge in [0.1, 0.15) is 0 Å². The van der Waals surface area contributed by atoms with Crippen molar-refractivity contribution in [2.24, 2.45) is 5.41 Å². The topological polar surface area (TPSA) is 37.3 Å². The summed E-state index contributed by atoms with van der Waals surface area (Å²) in [5, 5.41) is 8.42. The van der Waals surface area contributed by atoms with Crippen molar-refractivity contribution in [2.75, 3.05) is 0 Å². The van der Waals surface area contributed by atoms with Crippen molar-refractivity contribution < 1.29 is 14.3 Å². The fourth-order valence-electron chi connectivity index (χ4n) is 1.79. The van der Waals surface area contributed by atoms with Gasteiger partial charge in [-0.2, -0.15) is 0 Å². The van der Waals surface area contributed by atoms with Gasteiger partial charge >= 0.3 is 0 Å². The first-order chi connectivity index (χ1) is 6.40. The van der Waals surface area contributed by atoms with Crippen LogP contribution < -0.4 is 0 Å². The van der Waals surface area contributed by atoms with Crippen molar-refractivity contribution in [3.63, 3.8) is 0 Å². The zero-order valence-corrected chi connectivity index (χ0v) is 8.72. The minimum atomic E-state index is -1.74. The molecule has 0 aromatic carbocycles. The van der Waals surface area contributed by atoms with Crippen molar-refractivity contribution in [1.29, 1.82) is 0 Å². The highest BCUT2D eigenvalue weighted by Gasteiger charge is 2.42. The van der Waals surface area contributed by atoms with E-state index in [2.05, 4.69) is 13.8 Å². The van der Waals surface area contributed by atoms with Crippen LogP contribution in [0.25, 0.3) is 0 Å². The van der Waals surface area contributed by atoms with Crippen LogP contribution in [0.2, 0.25) is 0 Å². The predicted molar refractivity (Wildman–Crippen MR) is 52.9 cm³/mol. The van der Waals surface area contributed by atoms with E-state index in [0.717, 1.165) is 6.08 Å². The third-order valence-electron chi connectivity index (χ3n) is 3.06. The standard InChI is InChI=1S/C11H17FO2/c1-10(2)4-6-11(12,7-5-10)9(14)3-8-13/h3,8,13H,4-7H2,1-2H3. The average Bonchev–Trinajstić information content (AvgIpc) is 2.11. The van der Waals surface area contributed by atoms with Gasteiger partial charge in [-0.1, -0.05) is 13.8 Å². The summed E-state index contributed by atoms with van der Waals surface area (Å²) in [5.41, 5.74) is -1.60. The molecule has 0 unspecified atom stereocenters. The third kappa shape index (κ3) is 2.34. The van der Waals surface area contributed by atoms with Crippen molar-refractivity contribution in [2.45, 2.75) is 45.2 Å². The van der Waals surface area contributed by atoms with E-state index in [9.17, 15) is 9.18 Å². The molecule has 1 fully saturated rings. The van der Waals surface area contributed by atoms with Gasteiger partial charge < -0.3 is 5.11 Å². The highest BCUT2D eigenvalue weighted by molar-refractivity contribution is 5.96. The Morgan fingerprint density at radius 2 is 1.79 bits per heavy atom. The average molecular weight is 200 g/mol. The number of aliphatic hydroxyl groups excluding tert-OH is 1. The molecule has 1 aliphatic carbocycles. The molecule has 1 aliphatic rings. The number of alkyl halides is 1. The van der Waals surface area contributed by atoms with E-state index in [1.54, 1.807) is 0 Å². The van der Waals surface area contributed by atoms with Crippen LogP contribution in [0.15, 0.2) is 12.3 Å². The van der Waals surface area contributed by atoms with E-state index in [-0.39, 0.29) is 18.3 Å². The highest BCUT2D eigenvalue weighted by Crippen LogP contribution is 2.42. The zero-order chi connectivity index (χ0) is 10.8. The molecule has 0 aromatic heterocycles. The Morgan fingerprint density at radius 3 is 2.21 bits per heavy atom. The molecule has 0 aliphatic heterocycles. The van der Waals surface area contributed by atoms with Gasteiger partial charge in [-0.15, -0.1) is 0 Å². The summed E-state index contributed by atoms with van der Waals surface area (Å²) in [6, 6.07) is 0. The van der Waals surface area contributed by atoms with E-state index >= 15 is 0 Å². The van der Waals surface area contributed by atoms with Gasteiger partial charge in [0, 0.05) is 6.08 Å². The molecule has 1 N–H and O–H groups in total. The van der Waals surface area contributed by atoms with Gasteiger partial charge in [0.05, 0.1) is 6.26 Å². The van der Waals surface area contributed by atoms with Crippen LogP contribution in [0.3, 0.4) is 0 Å². The first kappa shape index (κ1) is 11.2. The van der Waals surface area contributed by atoms with Crippen molar-refractivity contribution >= 4 is 5.78 Å². The largest absolute Gasteiger partial charge is 0.515 e. The zero-order valence-electron chi connectivity index (χ0n) is 8.72. The minimum absolute atomic E-state index is 0.138. The molecule has 2 nitrogen and oxygen atoms in total. The van der Waals surface area contributed by atoms with Gasteiger partial charge in [0.15, 0.2) is 11.5 Å². The van der Waals surface area contributed by atoms with Crippen LogP contribution >= 0.6 is 0 Å². The summed E-state index contributed by atoms with van der Waals surface area (Å²) < 4.78 is 14.0. The first-order valence-corrected chi connectivity index (χ1v) is 4.94. The number of allylic oxidation sites excluding steroid dienone is 1. The van der Waals surface area contributed by atoms with Gasteiger partial charge in [-0.25, -0.2) is 4.39 Å². The van der Waals surface area contributed by atoms with Gasteiger partial charge in [-0.3, -0.25) is 4.79 Å². The van der Waals surface area contributed by atoms with E-state index in [1.807, 2.05) is 0 Å². The molecular formula is C11H17FO2. The number of aliphatic hydroxyl groups is 1. The predicted octanol–water partition coefficient (Wildman–Crippen LogP) is 2.94. The summed E-state index contributed by atoms with van der Waals surface area (Å²) in [7, 11) is 0. The molecule has 0 atom stereocenters. The third-order valence-corrected chi connectivity index (χ3v) is 3.06. The van der Waals surface area contributed by atoms with Crippen molar-refractivity contribution in [3.8, 4) is 0 Å². The van der Waals surface area contributed by atoms with Crippen LogP contribution in [-0.4, -0.2) is 16.6 Å². The van der Waals surface area contributed by atoms with Crippen molar-refractivity contribution in [3.05, 3.63) is 12.3 Å². The summed E-state index contributed by atoms with van der Waals surface area (Å²) >= 11 is 0. The van der Waals surface area contributed by atoms with E-state index in [4.69, 9.17) is 5.11 Å². The molecule has 0 spiro atoms. The second-order valence-corrected chi connectivity index (χ2v) is 4.81. The van der Waals surface area contributed by atoms with Crippen LogP contribution in [0.4, 0.5) is 4.39 Å². The molecule has 1 saturated carbocycles. The number of hydrogen-bond donors (Lipinski definition) is 1. The Labute approximate surface area is 83.8 Å². The Bertz CT molecular complexity index is 246. The van der Waals surface area contributed by atoms with E-state index in [1.165, 1.54) is 0 Å². The molecule has 0 amide bonds. The van der Waals surface area contributed by atoms with E-state index < -0.39 is 11.5 Å². The molecule has 0 aromatic rings. The first-order valence-electron chi connectivity index (χ1n) is 4.94. The monoisotopic (exact) mass is 200 g/mol. The Kier molecular flexibility index (Phi) is 2.98. The molecule has 1 rings (SSSR count). The maximum atomic E-state index is 14.0. The molecule has 0 saturated heterocycles. The summed E-state index contributed by atoms with van der Waals surface area (Å²) in [6.07, 6.45) is 3.50. The van der Waals surface area contributed by atoms with Gasteiger partial charge in [0.2, 0.25) is 0 Å². The maximum absolute atomic E-state index is 14.0. The lowest BCUT2D eigenvalue weighted by Crippen LogP contribution is -2.39. The molecule has 0 bridgehead atoms. The van der Waals surface area contributed by atoms with Crippen LogP contribution in [0.5, 0.6) is 0 Å². The quantitative estimate of drug-likeness (QED) is 0.549. The summed E-state index contributed by atoms with van der Waals surface area (Å²) in [6.45, 7) is 4.16. The molecule has 14 heavy (non-hydrogen) atoms. The SMILES string of the molecule is CC1(C)CCC(F)(C(=O)C=CO)CC1. The lowest BCUT2D eigenvalue weighted by atomic mass is 9.70. The highest BCUT2D eigenvalue weighted by atomic mass is 19.1. The summed E-state index contributed by atoms with van der Waals surface area (Å²) in [4.78, 5) is 11.3. The van der Waals surface area contributed by atoms with Crippen LogP contribution in [0.1, 0.15) is 39.5 Å². The Balaban J connectivity index is 2.66. The summed E-state index contributed by atoms with van der Waals surface area (Å²) in [5.74, 6) is -0.601. The number of carbonyl (C=O) groups is 1. The lowest BCUT2D eigenvalue weighted by molar-refractivity contribution is -0.129. The number of ketones is 1. The fourth-order valence-corrected chi connectivity index (χ4v) is 1.79. The van der Waals surface area contributed by atoms with Gasteiger partial charge in [-0.05, 0) is 31.1 Å². The molecule has 0 radical (unpaired) electrons. The normalized spacial score (nSPS) is 25.1. The number of rotatable bonds is 2. The lowest BCUT2D eigenvalue weighted by Gasteiger charge is -2.36. The molecule has 3 heteroatoms. The molecule has 0 heterocycles. The Hall–Kier alpha value is -0.860. The van der Waals surface area contributed by atoms with Crippen molar-refractivity contribution in [1.82, 2.24) is 0 Å².